The number of hydrogen-bond donors (Lipinski definition) is 1. The van der Waals surface area contributed by atoms with E-state index in [1.165, 1.54) is 17.0 Å². The van der Waals surface area contributed by atoms with Crippen LogP contribution in [0.15, 0.2) is 48.5 Å². The van der Waals surface area contributed by atoms with Crippen molar-refractivity contribution in [2.45, 2.75) is 39.8 Å². The average molecular weight is 464 g/mol. The first-order valence-electron chi connectivity index (χ1n) is 10.4. The molecule has 7 nitrogen and oxygen atoms in total. The molecule has 2 aromatic rings. The van der Waals surface area contributed by atoms with Crippen LogP contribution in [0.3, 0.4) is 0 Å². The maximum absolute atomic E-state index is 13.3. The molecule has 0 saturated heterocycles. The first kappa shape index (κ1) is 25.3. The standard InChI is InChI=1S/C23H30FN3O4S/c1-5-14-25-23(29)18(3)26(15-19-8-6-17(2)7-9-19)22(28)16-27(32(4,30)31)21-12-10-20(24)11-13-21/h6-13,18H,5,14-16H2,1-4H3,(H,25,29)/t18-/m0/s1. The smallest absolute Gasteiger partial charge is 0.244 e. The summed E-state index contributed by atoms with van der Waals surface area (Å²) in [6.45, 7) is 5.58. The molecule has 0 aliphatic rings. The first-order chi connectivity index (χ1) is 15.0. The number of sulfonamides is 1. The van der Waals surface area contributed by atoms with Crippen molar-refractivity contribution in [3.63, 3.8) is 0 Å². The molecule has 174 valence electrons. The van der Waals surface area contributed by atoms with Gasteiger partial charge < -0.3 is 10.2 Å². The molecule has 1 atom stereocenters. The summed E-state index contributed by atoms with van der Waals surface area (Å²) in [5, 5.41) is 2.78. The number of aryl methyl sites for hydroxylation is 1. The maximum atomic E-state index is 13.3. The van der Waals surface area contributed by atoms with E-state index in [1.807, 2.05) is 38.1 Å². The minimum Gasteiger partial charge on any atom is -0.354 e. The fourth-order valence-corrected chi connectivity index (χ4v) is 3.94. The number of nitrogens with one attached hydrogen (secondary N) is 1. The Bertz CT molecular complexity index is 1020. The van der Waals surface area contributed by atoms with Crippen LogP contribution in [-0.2, 0) is 26.2 Å². The van der Waals surface area contributed by atoms with E-state index in [0.29, 0.717) is 6.54 Å². The molecule has 0 fully saturated rings. The number of halogens is 1. The van der Waals surface area contributed by atoms with Gasteiger partial charge in [-0.1, -0.05) is 36.8 Å². The number of carbonyl (C=O) groups excluding carboxylic acids is 2. The Kier molecular flexibility index (Phi) is 8.77. The van der Waals surface area contributed by atoms with Gasteiger partial charge in [0.05, 0.1) is 11.9 Å². The SMILES string of the molecule is CCCNC(=O)[C@H](C)N(Cc1ccc(C)cc1)C(=O)CN(c1ccc(F)cc1)S(C)(=O)=O. The summed E-state index contributed by atoms with van der Waals surface area (Å²) < 4.78 is 39.0. The van der Waals surface area contributed by atoms with Crippen molar-refractivity contribution in [1.82, 2.24) is 10.2 Å². The van der Waals surface area contributed by atoms with E-state index in [9.17, 15) is 22.4 Å². The lowest BCUT2D eigenvalue weighted by Gasteiger charge is -2.31. The summed E-state index contributed by atoms with van der Waals surface area (Å²) in [5.41, 5.74) is 2.03. The summed E-state index contributed by atoms with van der Waals surface area (Å²) in [4.78, 5) is 27.3. The Labute approximate surface area is 189 Å². The van der Waals surface area contributed by atoms with Crippen LogP contribution in [0, 0.1) is 12.7 Å². The minimum absolute atomic E-state index is 0.140. The topological polar surface area (TPSA) is 86.8 Å². The summed E-state index contributed by atoms with van der Waals surface area (Å²) in [5.74, 6) is -1.38. The predicted octanol–water partition coefficient (Wildman–Crippen LogP) is 2.84. The molecule has 0 aromatic heterocycles. The molecule has 1 N–H and O–H groups in total. The second kappa shape index (κ2) is 11.1. The molecule has 32 heavy (non-hydrogen) atoms. The quantitative estimate of drug-likeness (QED) is 0.587. The van der Waals surface area contributed by atoms with Crippen LogP contribution in [0.25, 0.3) is 0 Å². The van der Waals surface area contributed by atoms with Crippen molar-refractivity contribution in [2.75, 3.05) is 23.7 Å². The summed E-state index contributed by atoms with van der Waals surface area (Å²) in [6, 6.07) is 11.6. The van der Waals surface area contributed by atoms with Crippen molar-refractivity contribution in [3.05, 3.63) is 65.5 Å². The van der Waals surface area contributed by atoms with Gasteiger partial charge in [0.25, 0.3) is 0 Å². The van der Waals surface area contributed by atoms with E-state index in [4.69, 9.17) is 0 Å². The molecule has 2 aromatic carbocycles. The fourth-order valence-electron chi connectivity index (χ4n) is 3.09. The van der Waals surface area contributed by atoms with Gasteiger partial charge in [0.2, 0.25) is 21.8 Å². The van der Waals surface area contributed by atoms with E-state index in [0.717, 1.165) is 40.2 Å². The molecule has 2 amide bonds. The molecule has 0 spiro atoms. The Morgan fingerprint density at radius 3 is 2.19 bits per heavy atom. The van der Waals surface area contributed by atoms with Crippen molar-refractivity contribution in [1.29, 1.82) is 0 Å². The zero-order chi connectivity index (χ0) is 23.9. The molecule has 0 radical (unpaired) electrons. The van der Waals surface area contributed by atoms with E-state index >= 15 is 0 Å². The van der Waals surface area contributed by atoms with Crippen molar-refractivity contribution in [2.24, 2.45) is 0 Å². The summed E-state index contributed by atoms with van der Waals surface area (Å²) in [7, 11) is -3.84. The van der Waals surface area contributed by atoms with Crippen LogP contribution >= 0.6 is 0 Å². The zero-order valence-corrected chi connectivity index (χ0v) is 19.7. The normalized spacial score (nSPS) is 12.2. The lowest BCUT2D eigenvalue weighted by atomic mass is 10.1. The number of anilines is 1. The van der Waals surface area contributed by atoms with Crippen LogP contribution in [0.2, 0.25) is 0 Å². The summed E-state index contributed by atoms with van der Waals surface area (Å²) >= 11 is 0. The molecule has 0 unspecified atom stereocenters. The molecule has 2 rings (SSSR count). The monoisotopic (exact) mass is 463 g/mol. The number of nitrogens with zero attached hydrogens (tertiary/aromatic N) is 2. The summed E-state index contributed by atoms with van der Waals surface area (Å²) in [6.07, 6.45) is 1.72. The molecule has 9 heteroatoms. The van der Waals surface area contributed by atoms with Crippen LogP contribution < -0.4 is 9.62 Å². The highest BCUT2D eigenvalue weighted by atomic mass is 32.2. The highest BCUT2D eigenvalue weighted by Crippen LogP contribution is 2.19. The number of amides is 2. The second-order valence-electron chi connectivity index (χ2n) is 7.72. The number of benzene rings is 2. The van der Waals surface area contributed by atoms with Crippen molar-refractivity contribution >= 4 is 27.5 Å². The average Bonchev–Trinajstić information content (AvgIpc) is 2.74. The second-order valence-corrected chi connectivity index (χ2v) is 9.63. The van der Waals surface area contributed by atoms with E-state index in [2.05, 4.69) is 5.32 Å². The molecule has 0 heterocycles. The van der Waals surface area contributed by atoms with Crippen LogP contribution in [0.4, 0.5) is 10.1 Å². The fraction of sp³-hybridized carbons (Fsp3) is 0.391. The van der Waals surface area contributed by atoms with Crippen LogP contribution in [-0.4, -0.2) is 50.5 Å². The minimum atomic E-state index is -3.84. The predicted molar refractivity (Wildman–Crippen MR) is 123 cm³/mol. The number of rotatable bonds is 10. The Balaban J connectivity index is 2.34. The van der Waals surface area contributed by atoms with Gasteiger partial charge in [-0.2, -0.15) is 0 Å². The molecule has 0 bridgehead atoms. The van der Waals surface area contributed by atoms with Gasteiger partial charge in [-0.05, 0) is 50.1 Å². The van der Waals surface area contributed by atoms with E-state index in [1.54, 1.807) is 6.92 Å². The lowest BCUT2D eigenvalue weighted by Crippen LogP contribution is -2.51. The van der Waals surface area contributed by atoms with Gasteiger partial charge >= 0.3 is 0 Å². The van der Waals surface area contributed by atoms with Crippen molar-refractivity contribution < 1.29 is 22.4 Å². The van der Waals surface area contributed by atoms with Gasteiger partial charge in [0, 0.05) is 13.1 Å². The van der Waals surface area contributed by atoms with E-state index < -0.39 is 34.3 Å². The Morgan fingerprint density at radius 2 is 1.66 bits per heavy atom. The third-order valence-corrected chi connectivity index (χ3v) is 6.12. The third-order valence-electron chi connectivity index (χ3n) is 4.98. The third kappa shape index (κ3) is 7.05. The molecule has 0 aliphatic carbocycles. The molecule has 0 saturated carbocycles. The zero-order valence-electron chi connectivity index (χ0n) is 18.8. The van der Waals surface area contributed by atoms with Gasteiger partial charge in [0.15, 0.2) is 0 Å². The first-order valence-corrected chi connectivity index (χ1v) is 12.2. The van der Waals surface area contributed by atoms with Gasteiger partial charge in [-0.3, -0.25) is 13.9 Å². The van der Waals surface area contributed by atoms with Gasteiger partial charge in [0.1, 0.15) is 18.4 Å². The maximum Gasteiger partial charge on any atom is 0.244 e. The lowest BCUT2D eigenvalue weighted by molar-refractivity contribution is -0.139. The van der Waals surface area contributed by atoms with Crippen molar-refractivity contribution in [3.8, 4) is 0 Å². The van der Waals surface area contributed by atoms with E-state index in [-0.39, 0.29) is 18.1 Å². The van der Waals surface area contributed by atoms with Gasteiger partial charge in [-0.25, -0.2) is 12.8 Å². The molecule has 0 aliphatic heterocycles. The van der Waals surface area contributed by atoms with Crippen LogP contribution in [0.1, 0.15) is 31.4 Å². The Hall–Kier alpha value is -2.94. The molecular formula is C23H30FN3O4S. The molecular weight excluding hydrogens is 433 g/mol. The van der Waals surface area contributed by atoms with Gasteiger partial charge in [-0.15, -0.1) is 0 Å². The highest BCUT2D eigenvalue weighted by molar-refractivity contribution is 7.92. The Morgan fingerprint density at radius 1 is 1.06 bits per heavy atom. The number of hydrogen-bond acceptors (Lipinski definition) is 4. The highest BCUT2D eigenvalue weighted by Gasteiger charge is 2.29. The largest absolute Gasteiger partial charge is 0.354 e. The van der Waals surface area contributed by atoms with Crippen LogP contribution in [0.5, 0.6) is 0 Å². The number of carbonyl (C=O) groups is 2.